The lowest BCUT2D eigenvalue weighted by molar-refractivity contribution is 0.217. The molecule has 4 heteroatoms. The predicted octanol–water partition coefficient (Wildman–Crippen LogP) is 1.80. The van der Waals surface area contributed by atoms with Crippen molar-refractivity contribution < 1.29 is 9.15 Å². The molecule has 0 bridgehead atoms. The van der Waals surface area contributed by atoms with Crippen molar-refractivity contribution in [3.63, 3.8) is 0 Å². The van der Waals surface area contributed by atoms with Crippen LogP contribution in [0.5, 0.6) is 0 Å². The number of fused-ring (bicyclic) bond motifs is 1. The molecule has 4 nitrogen and oxygen atoms in total. The molecule has 2 rings (SSSR count). The van der Waals surface area contributed by atoms with Crippen LogP contribution >= 0.6 is 0 Å². The highest BCUT2D eigenvalue weighted by Crippen LogP contribution is 2.18. The molecular weight excluding hydrogens is 206 g/mol. The SMILES string of the molecule is CCO[C]c1cc(=O)c2c(N)cccc2o1. The summed E-state index contributed by atoms with van der Waals surface area (Å²) in [7, 11) is 0. The Labute approximate surface area is 92.6 Å². The Bertz CT molecular complexity index is 560. The quantitative estimate of drug-likeness (QED) is 0.796. The van der Waals surface area contributed by atoms with Gasteiger partial charge in [0, 0.05) is 18.4 Å². The Morgan fingerprint density at radius 2 is 2.31 bits per heavy atom. The van der Waals surface area contributed by atoms with Gasteiger partial charge in [0.1, 0.15) is 11.3 Å². The minimum Gasteiger partial charge on any atom is -0.457 e. The Kier molecular flexibility index (Phi) is 2.92. The monoisotopic (exact) mass is 217 g/mol. The van der Waals surface area contributed by atoms with Crippen LogP contribution in [0.2, 0.25) is 0 Å². The van der Waals surface area contributed by atoms with Crippen molar-refractivity contribution in [1.29, 1.82) is 0 Å². The summed E-state index contributed by atoms with van der Waals surface area (Å²) in [4.78, 5) is 11.7. The Hall–Kier alpha value is -1.81. The first-order chi connectivity index (χ1) is 7.72. The molecule has 0 atom stereocenters. The molecule has 0 spiro atoms. The van der Waals surface area contributed by atoms with E-state index in [9.17, 15) is 4.79 Å². The summed E-state index contributed by atoms with van der Waals surface area (Å²) >= 11 is 0. The van der Waals surface area contributed by atoms with Crippen LogP contribution in [0.1, 0.15) is 12.7 Å². The largest absolute Gasteiger partial charge is 0.457 e. The maximum Gasteiger partial charge on any atom is 0.205 e. The smallest absolute Gasteiger partial charge is 0.205 e. The first-order valence-corrected chi connectivity index (χ1v) is 4.92. The number of anilines is 1. The maximum atomic E-state index is 11.7. The zero-order valence-corrected chi connectivity index (χ0v) is 8.82. The third-order valence-electron chi connectivity index (χ3n) is 2.10. The van der Waals surface area contributed by atoms with Gasteiger partial charge in [-0.25, -0.2) is 0 Å². The minimum absolute atomic E-state index is 0.193. The Balaban J connectivity index is 2.55. The molecule has 82 valence electrons. The fraction of sp³-hybridized carbons (Fsp3) is 0.167. The average Bonchev–Trinajstić information content (AvgIpc) is 2.26. The Morgan fingerprint density at radius 3 is 3.06 bits per heavy atom. The van der Waals surface area contributed by atoms with Crippen molar-refractivity contribution in [2.75, 3.05) is 12.3 Å². The lowest BCUT2D eigenvalue weighted by Gasteiger charge is -2.03. The molecule has 2 radical (unpaired) electrons. The number of ether oxygens (including phenoxy) is 1. The Morgan fingerprint density at radius 1 is 1.50 bits per heavy atom. The molecule has 1 aromatic heterocycles. The first-order valence-electron chi connectivity index (χ1n) is 4.92. The zero-order valence-electron chi connectivity index (χ0n) is 8.82. The van der Waals surface area contributed by atoms with E-state index in [1.807, 2.05) is 6.92 Å². The summed E-state index contributed by atoms with van der Waals surface area (Å²) in [6.45, 7) is 4.83. The van der Waals surface area contributed by atoms with Gasteiger partial charge in [-0.2, -0.15) is 0 Å². The van der Waals surface area contributed by atoms with Crippen molar-refractivity contribution in [1.82, 2.24) is 0 Å². The average molecular weight is 217 g/mol. The molecule has 0 saturated carbocycles. The second-order valence-electron chi connectivity index (χ2n) is 3.23. The number of hydrogen-bond donors (Lipinski definition) is 1. The van der Waals surface area contributed by atoms with Crippen molar-refractivity contribution in [3.8, 4) is 0 Å². The van der Waals surface area contributed by atoms with E-state index in [-0.39, 0.29) is 11.2 Å². The molecule has 0 aliphatic carbocycles. The van der Waals surface area contributed by atoms with E-state index in [1.54, 1.807) is 18.2 Å². The highest BCUT2D eigenvalue weighted by Gasteiger charge is 2.07. The molecular formula is C12H11NO3. The summed E-state index contributed by atoms with van der Waals surface area (Å²) in [5, 5.41) is 0.393. The van der Waals surface area contributed by atoms with Gasteiger partial charge in [-0.3, -0.25) is 4.79 Å². The van der Waals surface area contributed by atoms with Gasteiger partial charge >= 0.3 is 0 Å². The highest BCUT2D eigenvalue weighted by atomic mass is 16.5. The van der Waals surface area contributed by atoms with Crippen molar-refractivity contribution in [2.24, 2.45) is 0 Å². The minimum atomic E-state index is -0.193. The van der Waals surface area contributed by atoms with E-state index in [2.05, 4.69) is 6.61 Å². The molecule has 2 N–H and O–H groups in total. The number of benzene rings is 1. The van der Waals surface area contributed by atoms with Crippen LogP contribution in [-0.2, 0) is 4.74 Å². The standard InChI is InChI=1S/C12H11NO3/c1-2-15-7-8-6-10(14)12-9(13)4-3-5-11(12)16-8/h3-6H,2,13H2,1H3. The van der Waals surface area contributed by atoms with E-state index >= 15 is 0 Å². The topological polar surface area (TPSA) is 65.5 Å². The molecule has 0 saturated heterocycles. The van der Waals surface area contributed by atoms with Crippen molar-refractivity contribution in [3.05, 3.63) is 46.9 Å². The normalized spacial score (nSPS) is 10.8. The van der Waals surface area contributed by atoms with E-state index in [1.165, 1.54) is 6.07 Å². The fourth-order valence-corrected chi connectivity index (χ4v) is 1.43. The highest BCUT2D eigenvalue weighted by molar-refractivity contribution is 5.88. The van der Waals surface area contributed by atoms with Gasteiger partial charge in [0.05, 0.1) is 5.39 Å². The van der Waals surface area contributed by atoms with Gasteiger partial charge in [0.25, 0.3) is 0 Å². The fourth-order valence-electron chi connectivity index (χ4n) is 1.43. The van der Waals surface area contributed by atoms with Crippen LogP contribution in [0, 0.1) is 6.61 Å². The van der Waals surface area contributed by atoms with Gasteiger partial charge in [-0.05, 0) is 19.1 Å². The van der Waals surface area contributed by atoms with E-state index < -0.39 is 0 Å². The summed E-state index contributed by atoms with van der Waals surface area (Å²) in [6.07, 6.45) is 0. The van der Waals surface area contributed by atoms with E-state index in [4.69, 9.17) is 14.9 Å². The zero-order chi connectivity index (χ0) is 11.5. The first kappa shape index (κ1) is 10.7. The maximum absolute atomic E-state index is 11.7. The van der Waals surface area contributed by atoms with Crippen LogP contribution in [0.15, 0.2) is 33.5 Å². The van der Waals surface area contributed by atoms with Gasteiger partial charge in [0.2, 0.25) is 6.61 Å². The van der Waals surface area contributed by atoms with E-state index in [0.717, 1.165) is 0 Å². The third kappa shape index (κ3) is 1.92. The molecule has 2 aromatic rings. The van der Waals surface area contributed by atoms with Crippen LogP contribution in [0.25, 0.3) is 11.0 Å². The van der Waals surface area contributed by atoms with Crippen LogP contribution < -0.4 is 11.2 Å². The summed E-state index contributed by atoms with van der Waals surface area (Å²) in [5.74, 6) is 0.268. The van der Waals surface area contributed by atoms with Crippen molar-refractivity contribution in [2.45, 2.75) is 6.92 Å². The predicted molar refractivity (Wildman–Crippen MR) is 60.9 cm³/mol. The summed E-state index contributed by atoms with van der Waals surface area (Å²) < 4.78 is 10.3. The van der Waals surface area contributed by atoms with Crippen molar-refractivity contribution >= 4 is 16.7 Å². The number of nitrogens with two attached hydrogens (primary N) is 1. The lowest BCUT2D eigenvalue weighted by Crippen LogP contribution is -2.05. The third-order valence-corrected chi connectivity index (χ3v) is 2.10. The molecule has 1 aromatic carbocycles. The summed E-state index contributed by atoms with van der Waals surface area (Å²) in [5.41, 5.74) is 6.35. The van der Waals surface area contributed by atoms with Crippen LogP contribution in [-0.4, -0.2) is 6.61 Å². The van der Waals surface area contributed by atoms with Crippen LogP contribution in [0.3, 0.4) is 0 Å². The van der Waals surface area contributed by atoms with Gasteiger partial charge in [-0.1, -0.05) is 6.07 Å². The van der Waals surface area contributed by atoms with Crippen LogP contribution in [0.4, 0.5) is 5.69 Å². The number of hydrogen-bond acceptors (Lipinski definition) is 4. The van der Waals surface area contributed by atoms with Gasteiger partial charge < -0.3 is 14.9 Å². The summed E-state index contributed by atoms with van der Waals surface area (Å²) in [6, 6.07) is 6.39. The second-order valence-corrected chi connectivity index (χ2v) is 3.23. The number of nitrogen functional groups attached to an aromatic ring is 1. The molecule has 0 aliphatic rings. The van der Waals surface area contributed by atoms with Gasteiger partial charge in [0.15, 0.2) is 5.43 Å². The molecule has 1 heterocycles. The molecule has 0 fully saturated rings. The molecule has 0 amide bonds. The second kappa shape index (κ2) is 4.37. The number of rotatable bonds is 3. The van der Waals surface area contributed by atoms with Gasteiger partial charge in [-0.15, -0.1) is 0 Å². The molecule has 0 aliphatic heterocycles. The molecule has 0 unspecified atom stereocenters. The molecule has 16 heavy (non-hydrogen) atoms. The van der Waals surface area contributed by atoms with E-state index in [0.29, 0.717) is 23.3 Å². The lowest BCUT2D eigenvalue weighted by atomic mass is 10.2.